The highest BCUT2D eigenvalue weighted by Gasteiger charge is 1.68. The summed E-state index contributed by atoms with van der Waals surface area (Å²) in [6.45, 7) is 6.25. The van der Waals surface area contributed by atoms with Crippen molar-refractivity contribution in [3.8, 4) is 0 Å². The van der Waals surface area contributed by atoms with E-state index in [2.05, 4.69) is 32.0 Å². The number of rotatable bonds is 0. The van der Waals surface area contributed by atoms with Crippen LogP contribution in [0.5, 0.6) is 0 Å². The van der Waals surface area contributed by atoms with Gasteiger partial charge in [0.2, 0.25) is 0 Å². The van der Waals surface area contributed by atoms with Crippen LogP contribution in [0.15, 0.2) is 0 Å². The maximum Gasteiger partial charge on any atom is 0.290 e. The van der Waals surface area contributed by atoms with E-state index in [0.29, 0.717) is 0 Å². The van der Waals surface area contributed by atoms with Gasteiger partial charge in [0.1, 0.15) is 0 Å². The van der Waals surface area contributed by atoms with Crippen LogP contribution < -0.4 is 11.3 Å². The SMILES string of the molecule is CC(C)C.CNN.O=CO. The molecule has 0 fully saturated rings. The average molecular weight is 150 g/mol. The van der Waals surface area contributed by atoms with E-state index in [-0.39, 0.29) is 6.47 Å². The predicted octanol–water partition coefficient (Wildman–Crippen LogP) is 0.443. The third-order valence-electron chi connectivity index (χ3n) is 0. The van der Waals surface area contributed by atoms with Gasteiger partial charge in [-0.05, 0) is 13.0 Å². The van der Waals surface area contributed by atoms with Crippen molar-refractivity contribution in [1.82, 2.24) is 5.43 Å². The minimum absolute atomic E-state index is 0.250. The van der Waals surface area contributed by atoms with Crippen molar-refractivity contribution in [1.29, 1.82) is 0 Å². The molecule has 0 aliphatic heterocycles. The molecule has 4 N–H and O–H groups in total. The molecule has 64 valence electrons. The number of carboxylic acid groups (broad SMARTS) is 1. The van der Waals surface area contributed by atoms with E-state index in [1.807, 2.05) is 0 Å². The Kier molecular flexibility index (Phi) is 38.5. The van der Waals surface area contributed by atoms with Crippen molar-refractivity contribution < 1.29 is 9.90 Å². The third-order valence-corrected chi connectivity index (χ3v) is 0. The molecular weight excluding hydrogens is 132 g/mol. The van der Waals surface area contributed by atoms with Gasteiger partial charge in [-0.1, -0.05) is 20.8 Å². The topological polar surface area (TPSA) is 75.3 Å². The van der Waals surface area contributed by atoms with E-state index in [1.54, 1.807) is 7.05 Å². The fourth-order valence-electron chi connectivity index (χ4n) is 0. The Morgan fingerprint density at radius 1 is 1.50 bits per heavy atom. The summed E-state index contributed by atoms with van der Waals surface area (Å²) in [6.07, 6.45) is 0. The highest BCUT2D eigenvalue weighted by Crippen LogP contribution is 1.81. The molecule has 4 heteroatoms. The first-order chi connectivity index (χ1) is 4.56. The molecule has 0 rings (SSSR count). The highest BCUT2D eigenvalue weighted by molar-refractivity contribution is 5.32. The van der Waals surface area contributed by atoms with Crippen molar-refractivity contribution in [3.05, 3.63) is 0 Å². The average Bonchev–Trinajstić information content (AvgIpc) is 1.65. The Balaban J connectivity index is -0.0000000750. The molecule has 10 heavy (non-hydrogen) atoms. The molecule has 0 aromatic rings. The molecule has 0 saturated heterocycles. The Bertz CT molecular complexity index is 46.3. The number of nitrogens with two attached hydrogens (primary N) is 1. The fraction of sp³-hybridized carbons (Fsp3) is 0.833. The zero-order chi connectivity index (χ0) is 8.99. The van der Waals surface area contributed by atoms with Crippen LogP contribution in [0.3, 0.4) is 0 Å². The minimum Gasteiger partial charge on any atom is -0.483 e. The Morgan fingerprint density at radius 3 is 1.50 bits per heavy atom. The van der Waals surface area contributed by atoms with Crippen LogP contribution in [0.2, 0.25) is 0 Å². The van der Waals surface area contributed by atoms with E-state index < -0.39 is 0 Å². The van der Waals surface area contributed by atoms with Crippen LogP contribution in [0, 0.1) is 5.92 Å². The second-order valence-corrected chi connectivity index (χ2v) is 2.13. The molecule has 0 bridgehead atoms. The van der Waals surface area contributed by atoms with Crippen molar-refractivity contribution in [3.63, 3.8) is 0 Å². The summed E-state index contributed by atoms with van der Waals surface area (Å²) < 4.78 is 0. The first kappa shape index (κ1) is 16.2. The van der Waals surface area contributed by atoms with Crippen molar-refractivity contribution in [2.45, 2.75) is 20.8 Å². The lowest BCUT2D eigenvalue weighted by Gasteiger charge is -1.79. The largest absolute Gasteiger partial charge is 0.483 e. The summed E-state index contributed by atoms with van der Waals surface area (Å²) in [6, 6.07) is 0. The van der Waals surface area contributed by atoms with Crippen molar-refractivity contribution in [2.24, 2.45) is 11.8 Å². The first-order valence-electron chi connectivity index (χ1n) is 3.01. The van der Waals surface area contributed by atoms with Gasteiger partial charge >= 0.3 is 0 Å². The Labute approximate surface area is 62.4 Å². The van der Waals surface area contributed by atoms with E-state index >= 15 is 0 Å². The molecule has 0 aliphatic rings. The molecule has 0 saturated carbocycles. The molecule has 0 aromatic carbocycles. The van der Waals surface area contributed by atoms with Crippen LogP contribution in [0.1, 0.15) is 20.8 Å². The van der Waals surface area contributed by atoms with Crippen LogP contribution >= 0.6 is 0 Å². The second-order valence-electron chi connectivity index (χ2n) is 2.13. The molecular formula is C6H18N2O2. The Morgan fingerprint density at radius 2 is 1.50 bits per heavy atom. The molecule has 0 unspecified atom stereocenters. The maximum absolute atomic E-state index is 8.36. The summed E-state index contributed by atoms with van der Waals surface area (Å²) in [5.74, 6) is 5.43. The zero-order valence-electron chi connectivity index (χ0n) is 7.09. The van der Waals surface area contributed by atoms with Crippen molar-refractivity contribution >= 4 is 6.47 Å². The minimum atomic E-state index is -0.250. The molecule has 0 radical (unpaired) electrons. The standard InChI is InChI=1S/C4H10.CH6N2.CH2O2/c1-4(2)3;1-3-2;2-1-3/h4H,1-3H3;3H,2H2,1H3;1H,(H,2,3). The third kappa shape index (κ3) is 811. The molecule has 0 aromatic heterocycles. The number of nitrogens with one attached hydrogen (secondary N) is 1. The van der Waals surface area contributed by atoms with E-state index in [4.69, 9.17) is 9.90 Å². The summed E-state index contributed by atoms with van der Waals surface area (Å²) in [4.78, 5) is 8.36. The quantitative estimate of drug-likeness (QED) is 0.266. The van der Waals surface area contributed by atoms with Gasteiger partial charge in [-0.25, -0.2) is 0 Å². The van der Waals surface area contributed by atoms with Gasteiger partial charge in [-0.3, -0.25) is 16.1 Å². The lowest BCUT2D eigenvalue weighted by atomic mass is 10.3. The number of hydrazine groups is 1. The van der Waals surface area contributed by atoms with Gasteiger partial charge in [-0.15, -0.1) is 0 Å². The van der Waals surface area contributed by atoms with Crippen LogP contribution in [0.4, 0.5) is 0 Å². The molecule has 0 heterocycles. The van der Waals surface area contributed by atoms with E-state index in [0.717, 1.165) is 5.92 Å². The smallest absolute Gasteiger partial charge is 0.290 e. The molecule has 0 aliphatic carbocycles. The normalized spacial score (nSPS) is 6.60. The summed E-state index contributed by atoms with van der Waals surface area (Å²) in [5, 5.41) is 6.89. The van der Waals surface area contributed by atoms with Gasteiger partial charge < -0.3 is 5.11 Å². The monoisotopic (exact) mass is 150 g/mol. The molecule has 0 spiro atoms. The van der Waals surface area contributed by atoms with E-state index in [1.165, 1.54) is 0 Å². The van der Waals surface area contributed by atoms with Gasteiger partial charge in [0, 0.05) is 0 Å². The predicted molar refractivity (Wildman–Crippen MR) is 42.5 cm³/mol. The molecule has 4 nitrogen and oxygen atoms in total. The lowest BCUT2D eigenvalue weighted by Crippen LogP contribution is -2.13. The Hall–Kier alpha value is -0.610. The number of hydrogen-bond donors (Lipinski definition) is 3. The van der Waals surface area contributed by atoms with Crippen LogP contribution in [0.25, 0.3) is 0 Å². The van der Waals surface area contributed by atoms with E-state index in [9.17, 15) is 0 Å². The van der Waals surface area contributed by atoms with Crippen LogP contribution in [-0.4, -0.2) is 18.6 Å². The summed E-state index contributed by atoms with van der Waals surface area (Å²) >= 11 is 0. The van der Waals surface area contributed by atoms with Gasteiger partial charge in [-0.2, -0.15) is 0 Å². The molecule has 0 amide bonds. The van der Waals surface area contributed by atoms with Crippen LogP contribution in [-0.2, 0) is 4.79 Å². The second kappa shape index (κ2) is 23.8. The lowest BCUT2D eigenvalue weighted by molar-refractivity contribution is -0.122. The zero-order valence-corrected chi connectivity index (χ0v) is 7.09. The summed E-state index contributed by atoms with van der Waals surface area (Å²) in [5.41, 5.74) is 2.25. The number of hydrogen-bond acceptors (Lipinski definition) is 3. The van der Waals surface area contributed by atoms with Crippen molar-refractivity contribution in [2.75, 3.05) is 7.05 Å². The van der Waals surface area contributed by atoms with Gasteiger partial charge in [0.15, 0.2) is 0 Å². The van der Waals surface area contributed by atoms with Gasteiger partial charge in [0.25, 0.3) is 6.47 Å². The fourth-order valence-corrected chi connectivity index (χ4v) is 0. The maximum atomic E-state index is 8.36. The molecule has 0 atom stereocenters. The first-order valence-corrected chi connectivity index (χ1v) is 3.01. The number of carbonyl (C=O) groups is 1. The van der Waals surface area contributed by atoms with Gasteiger partial charge in [0.05, 0.1) is 0 Å². The highest BCUT2D eigenvalue weighted by atomic mass is 16.3. The summed E-state index contributed by atoms with van der Waals surface area (Å²) in [7, 11) is 1.65.